The molecule has 134 valence electrons. The van der Waals surface area contributed by atoms with Crippen LogP contribution >= 0.6 is 11.8 Å². The van der Waals surface area contributed by atoms with E-state index in [2.05, 4.69) is 12.1 Å². The van der Waals surface area contributed by atoms with Crippen LogP contribution in [-0.4, -0.2) is 44.4 Å². The fraction of sp³-hybridized carbons (Fsp3) is 0.316. The van der Waals surface area contributed by atoms with E-state index in [1.807, 2.05) is 18.4 Å². The average Bonchev–Trinajstić information content (AvgIpc) is 2.65. The summed E-state index contributed by atoms with van der Waals surface area (Å²) in [5.74, 6) is 1.03. The molecular weight excluding hydrogens is 336 g/mol. The second-order valence-corrected chi connectivity index (χ2v) is 6.40. The minimum Gasteiger partial charge on any atom is -0.493 e. The van der Waals surface area contributed by atoms with Crippen molar-refractivity contribution in [3.63, 3.8) is 0 Å². The first-order valence-corrected chi connectivity index (χ1v) is 9.20. The summed E-state index contributed by atoms with van der Waals surface area (Å²) in [6.07, 6.45) is 2.04. The number of ether oxygens (including phenoxy) is 2. The van der Waals surface area contributed by atoms with Crippen molar-refractivity contribution in [2.24, 2.45) is 5.73 Å². The van der Waals surface area contributed by atoms with Crippen LogP contribution < -0.4 is 15.2 Å². The minimum atomic E-state index is -0.0743. The number of benzene rings is 2. The lowest BCUT2D eigenvalue weighted by Gasteiger charge is -2.19. The van der Waals surface area contributed by atoms with Crippen molar-refractivity contribution in [1.82, 2.24) is 4.90 Å². The predicted octanol–water partition coefficient (Wildman–Crippen LogP) is 3.03. The van der Waals surface area contributed by atoms with E-state index in [4.69, 9.17) is 15.2 Å². The van der Waals surface area contributed by atoms with Gasteiger partial charge in [-0.15, -0.1) is 11.8 Å². The number of nitrogens with zero attached hydrogens (tertiary/aromatic N) is 1. The third kappa shape index (κ3) is 5.14. The molecule has 2 aromatic carbocycles. The molecule has 0 radical (unpaired) electrons. The first-order valence-electron chi connectivity index (χ1n) is 7.98. The van der Waals surface area contributed by atoms with E-state index in [-0.39, 0.29) is 5.91 Å². The van der Waals surface area contributed by atoms with Gasteiger partial charge < -0.3 is 20.1 Å². The van der Waals surface area contributed by atoms with Crippen molar-refractivity contribution in [3.8, 4) is 11.5 Å². The van der Waals surface area contributed by atoms with Gasteiger partial charge in [-0.05, 0) is 42.2 Å². The Morgan fingerprint density at radius 1 is 1.20 bits per heavy atom. The molecule has 0 heterocycles. The molecule has 0 aliphatic rings. The molecule has 0 aliphatic carbocycles. The Bertz CT molecular complexity index is 722. The van der Waals surface area contributed by atoms with Crippen molar-refractivity contribution in [1.29, 1.82) is 0 Å². The van der Waals surface area contributed by atoms with Crippen LogP contribution in [0.4, 0.5) is 0 Å². The maximum atomic E-state index is 12.7. The molecular formula is C19H24N2O3S. The van der Waals surface area contributed by atoms with E-state index >= 15 is 0 Å². The van der Waals surface area contributed by atoms with Crippen LogP contribution in [0.1, 0.15) is 15.9 Å². The van der Waals surface area contributed by atoms with Gasteiger partial charge in [-0.2, -0.15) is 0 Å². The highest BCUT2D eigenvalue weighted by Crippen LogP contribution is 2.28. The van der Waals surface area contributed by atoms with E-state index in [0.717, 1.165) is 5.56 Å². The summed E-state index contributed by atoms with van der Waals surface area (Å²) in [6, 6.07) is 13.4. The summed E-state index contributed by atoms with van der Waals surface area (Å²) in [5, 5.41) is 0. The molecule has 1 amide bonds. The third-order valence-electron chi connectivity index (χ3n) is 3.69. The van der Waals surface area contributed by atoms with Gasteiger partial charge in [0, 0.05) is 30.6 Å². The molecule has 2 aromatic rings. The second kappa shape index (κ2) is 9.34. The number of rotatable bonds is 8. The fourth-order valence-electron chi connectivity index (χ4n) is 2.43. The van der Waals surface area contributed by atoms with Crippen LogP contribution in [0.2, 0.25) is 0 Å². The smallest absolute Gasteiger partial charge is 0.254 e. The van der Waals surface area contributed by atoms with Gasteiger partial charge in [0.2, 0.25) is 0 Å². The Morgan fingerprint density at radius 3 is 2.68 bits per heavy atom. The molecule has 0 unspecified atom stereocenters. The van der Waals surface area contributed by atoms with Crippen LogP contribution in [0.3, 0.4) is 0 Å². The van der Waals surface area contributed by atoms with Crippen LogP contribution in [0.5, 0.6) is 11.5 Å². The predicted molar refractivity (Wildman–Crippen MR) is 102 cm³/mol. The summed E-state index contributed by atoms with van der Waals surface area (Å²) in [6.45, 7) is 1.30. The van der Waals surface area contributed by atoms with Gasteiger partial charge in [-0.25, -0.2) is 0 Å². The van der Waals surface area contributed by atoms with Crippen LogP contribution in [0, 0.1) is 0 Å². The summed E-state index contributed by atoms with van der Waals surface area (Å²) in [4.78, 5) is 15.6. The number of amides is 1. The molecule has 0 saturated heterocycles. The van der Waals surface area contributed by atoms with Crippen molar-refractivity contribution in [2.45, 2.75) is 11.4 Å². The number of carbonyl (C=O) groups excluding carboxylic acids is 1. The number of carbonyl (C=O) groups is 1. The van der Waals surface area contributed by atoms with Gasteiger partial charge in [0.1, 0.15) is 6.61 Å². The topological polar surface area (TPSA) is 64.8 Å². The number of hydrogen-bond donors (Lipinski definition) is 1. The van der Waals surface area contributed by atoms with Gasteiger partial charge in [0.15, 0.2) is 11.5 Å². The van der Waals surface area contributed by atoms with Crippen LogP contribution in [0.25, 0.3) is 0 Å². The SMILES string of the molecule is COc1ccc(C(=O)N(C)Cc2cccc(SC)c2)cc1OCCN. The molecule has 25 heavy (non-hydrogen) atoms. The Kier molecular flexibility index (Phi) is 7.16. The Morgan fingerprint density at radius 2 is 2.00 bits per heavy atom. The van der Waals surface area contributed by atoms with Crippen molar-refractivity contribution < 1.29 is 14.3 Å². The maximum absolute atomic E-state index is 12.7. The molecule has 0 spiro atoms. The quantitative estimate of drug-likeness (QED) is 0.733. The van der Waals surface area contributed by atoms with E-state index in [9.17, 15) is 4.79 Å². The first-order chi connectivity index (χ1) is 12.1. The van der Waals surface area contributed by atoms with E-state index < -0.39 is 0 Å². The standard InChI is InChI=1S/C19H24N2O3S/c1-21(13-14-5-4-6-16(11-14)25-3)19(22)15-7-8-17(23-2)18(12-15)24-10-9-20/h4-8,11-12H,9-10,13,20H2,1-3H3. The Balaban J connectivity index is 2.15. The van der Waals surface area contributed by atoms with Crippen LogP contribution in [0.15, 0.2) is 47.4 Å². The summed E-state index contributed by atoms with van der Waals surface area (Å²) in [7, 11) is 3.36. The number of nitrogens with two attached hydrogens (primary N) is 1. The molecule has 0 aromatic heterocycles. The molecule has 0 aliphatic heterocycles. The van der Waals surface area contributed by atoms with Gasteiger partial charge >= 0.3 is 0 Å². The van der Waals surface area contributed by atoms with Crippen molar-refractivity contribution in [2.75, 3.05) is 33.6 Å². The van der Waals surface area contributed by atoms with Crippen molar-refractivity contribution >= 4 is 17.7 Å². The summed E-state index contributed by atoms with van der Waals surface area (Å²) >= 11 is 1.68. The molecule has 0 fully saturated rings. The highest BCUT2D eigenvalue weighted by Gasteiger charge is 2.15. The normalized spacial score (nSPS) is 10.4. The molecule has 5 nitrogen and oxygen atoms in total. The lowest BCUT2D eigenvalue weighted by atomic mass is 10.1. The monoisotopic (exact) mass is 360 g/mol. The average molecular weight is 360 g/mol. The van der Waals surface area contributed by atoms with Gasteiger partial charge in [0.05, 0.1) is 7.11 Å². The maximum Gasteiger partial charge on any atom is 0.254 e. The lowest BCUT2D eigenvalue weighted by molar-refractivity contribution is 0.0784. The van der Waals surface area contributed by atoms with E-state index in [0.29, 0.717) is 36.8 Å². The first kappa shape index (κ1) is 19.1. The molecule has 0 saturated carbocycles. The molecule has 2 rings (SSSR count). The highest BCUT2D eigenvalue weighted by molar-refractivity contribution is 7.98. The van der Waals surface area contributed by atoms with Gasteiger partial charge in [0.25, 0.3) is 5.91 Å². The zero-order chi connectivity index (χ0) is 18.2. The van der Waals surface area contributed by atoms with Crippen molar-refractivity contribution in [3.05, 3.63) is 53.6 Å². The zero-order valence-corrected chi connectivity index (χ0v) is 15.6. The van der Waals surface area contributed by atoms with E-state index in [1.54, 1.807) is 49.0 Å². The minimum absolute atomic E-state index is 0.0743. The lowest BCUT2D eigenvalue weighted by Crippen LogP contribution is -2.26. The third-order valence-corrected chi connectivity index (χ3v) is 4.41. The highest BCUT2D eigenvalue weighted by atomic mass is 32.2. The second-order valence-electron chi connectivity index (χ2n) is 5.52. The fourth-order valence-corrected chi connectivity index (χ4v) is 2.91. The Hall–Kier alpha value is -2.18. The Labute approximate surface area is 153 Å². The number of thioether (sulfide) groups is 1. The van der Waals surface area contributed by atoms with Gasteiger partial charge in [-0.3, -0.25) is 4.79 Å². The summed E-state index contributed by atoms with van der Waals surface area (Å²) in [5.41, 5.74) is 7.13. The number of hydrogen-bond acceptors (Lipinski definition) is 5. The summed E-state index contributed by atoms with van der Waals surface area (Å²) < 4.78 is 10.8. The molecule has 2 N–H and O–H groups in total. The number of methoxy groups -OCH3 is 1. The van der Waals surface area contributed by atoms with Gasteiger partial charge in [-0.1, -0.05) is 12.1 Å². The molecule has 0 bridgehead atoms. The van der Waals surface area contributed by atoms with E-state index in [1.165, 1.54) is 4.90 Å². The largest absolute Gasteiger partial charge is 0.493 e. The molecule has 0 atom stereocenters. The van der Waals surface area contributed by atoms with Crippen LogP contribution in [-0.2, 0) is 6.54 Å². The zero-order valence-electron chi connectivity index (χ0n) is 14.8. The molecule has 6 heteroatoms.